The Kier molecular flexibility index (Phi) is 3.99. The van der Waals surface area contributed by atoms with E-state index in [9.17, 15) is 9.18 Å². The lowest BCUT2D eigenvalue weighted by atomic mass is 9.96. The molecule has 0 spiro atoms. The lowest BCUT2D eigenvalue weighted by Gasteiger charge is -2.20. The number of aliphatic carboxylic acids is 1. The summed E-state index contributed by atoms with van der Waals surface area (Å²) in [6.45, 7) is -1.28. The summed E-state index contributed by atoms with van der Waals surface area (Å²) in [4.78, 5) is 10.4. The van der Waals surface area contributed by atoms with Crippen LogP contribution in [-0.4, -0.2) is 35.0 Å². The van der Waals surface area contributed by atoms with Crippen LogP contribution in [-0.2, 0) is 4.79 Å². The minimum absolute atomic E-state index is 0.0463. The lowest BCUT2D eigenvalue weighted by Crippen LogP contribution is -2.51. The van der Waals surface area contributed by atoms with E-state index in [1.165, 1.54) is 0 Å². The average molecular weight is 165 g/mol. The summed E-state index contributed by atoms with van der Waals surface area (Å²) in [6.07, 6.45) is 0.0126. The van der Waals surface area contributed by atoms with Crippen LogP contribution in [0.2, 0.25) is 0 Å². The number of nitrogens with two attached hydrogens (primary N) is 1. The van der Waals surface area contributed by atoms with Gasteiger partial charge in [-0.2, -0.15) is 0 Å². The first kappa shape index (κ1) is 10.3. The van der Waals surface area contributed by atoms with Crippen molar-refractivity contribution < 1.29 is 19.4 Å². The quantitative estimate of drug-likeness (QED) is 0.513. The Hall–Kier alpha value is -0.680. The second-order valence-corrected chi connectivity index (χ2v) is 2.41. The maximum Gasteiger partial charge on any atom is 0.326 e. The second kappa shape index (κ2) is 4.25. The van der Waals surface area contributed by atoms with Gasteiger partial charge in [-0.1, -0.05) is 0 Å². The van der Waals surface area contributed by atoms with Crippen molar-refractivity contribution in [2.45, 2.75) is 18.4 Å². The Morgan fingerprint density at radius 3 is 2.45 bits per heavy atom. The summed E-state index contributed by atoms with van der Waals surface area (Å²) >= 11 is 0. The van der Waals surface area contributed by atoms with E-state index in [1.54, 1.807) is 0 Å². The largest absolute Gasteiger partial charge is 0.480 e. The summed E-state index contributed by atoms with van der Waals surface area (Å²) in [6, 6.07) is 0. The Morgan fingerprint density at radius 1 is 1.64 bits per heavy atom. The number of alkyl halides is 1. The van der Waals surface area contributed by atoms with Crippen molar-refractivity contribution in [2.75, 3.05) is 13.3 Å². The molecule has 0 fully saturated rings. The first-order valence-corrected chi connectivity index (χ1v) is 3.26. The molecule has 0 aliphatic heterocycles. The van der Waals surface area contributed by atoms with Gasteiger partial charge in [0.15, 0.2) is 0 Å². The molecule has 0 aromatic carbocycles. The molecule has 0 bridgehead atoms. The second-order valence-electron chi connectivity index (χ2n) is 2.41. The third-order valence-electron chi connectivity index (χ3n) is 1.46. The maximum atomic E-state index is 11.6. The minimum atomic E-state index is -1.67. The van der Waals surface area contributed by atoms with Crippen LogP contribution in [0.1, 0.15) is 12.8 Å². The summed E-state index contributed by atoms with van der Waals surface area (Å²) in [7, 11) is 0. The number of halogens is 1. The number of carboxylic acid groups (broad SMARTS) is 1. The summed E-state index contributed by atoms with van der Waals surface area (Å²) in [5.74, 6) is -1.30. The number of aliphatic hydroxyl groups is 1. The van der Waals surface area contributed by atoms with Crippen LogP contribution in [0.4, 0.5) is 4.39 Å². The third kappa shape index (κ3) is 2.81. The van der Waals surface area contributed by atoms with Crippen molar-refractivity contribution in [3.63, 3.8) is 0 Å². The standard InChI is InChI=1S/C6H12FNO3/c7-3-1-2-6(8,4-9)5(10)11/h9H,1-4,8H2,(H,10,11)/t6-/m0/s1. The van der Waals surface area contributed by atoms with Crippen LogP contribution in [0.3, 0.4) is 0 Å². The van der Waals surface area contributed by atoms with Crippen LogP contribution in [0.25, 0.3) is 0 Å². The molecule has 1 atom stereocenters. The molecule has 0 amide bonds. The number of hydrogen-bond donors (Lipinski definition) is 3. The van der Waals surface area contributed by atoms with Gasteiger partial charge in [-0.3, -0.25) is 9.18 Å². The van der Waals surface area contributed by atoms with Crippen molar-refractivity contribution in [3.8, 4) is 0 Å². The zero-order chi connectivity index (χ0) is 8.91. The van der Waals surface area contributed by atoms with E-state index in [2.05, 4.69) is 0 Å². The van der Waals surface area contributed by atoms with Gasteiger partial charge in [-0.05, 0) is 12.8 Å². The maximum absolute atomic E-state index is 11.6. The van der Waals surface area contributed by atoms with Gasteiger partial charge in [0.1, 0.15) is 5.54 Å². The highest BCUT2D eigenvalue weighted by Gasteiger charge is 2.32. The molecule has 11 heavy (non-hydrogen) atoms. The molecule has 0 saturated heterocycles. The first-order valence-electron chi connectivity index (χ1n) is 3.26. The Morgan fingerprint density at radius 2 is 2.18 bits per heavy atom. The fourth-order valence-corrected chi connectivity index (χ4v) is 0.636. The number of carbonyl (C=O) groups is 1. The molecule has 0 aliphatic rings. The van der Waals surface area contributed by atoms with E-state index in [-0.39, 0.29) is 12.8 Å². The van der Waals surface area contributed by atoms with Crippen molar-refractivity contribution in [3.05, 3.63) is 0 Å². The molecule has 0 aliphatic carbocycles. The molecule has 0 aromatic heterocycles. The normalized spacial score (nSPS) is 15.9. The molecule has 5 heteroatoms. The Balaban J connectivity index is 3.99. The molecule has 0 heterocycles. The summed E-state index contributed by atoms with van der Waals surface area (Å²) in [5, 5.41) is 17.0. The molecule has 66 valence electrons. The highest BCUT2D eigenvalue weighted by atomic mass is 19.1. The van der Waals surface area contributed by atoms with Crippen LogP contribution >= 0.6 is 0 Å². The molecule has 0 radical (unpaired) electrons. The van der Waals surface area contributed by atoms with Crippen LogP contribution in [0.15, 0.2) is 0 Å². The summed E-state index contributed by atoms with van der Waals surface area (Å²) < 4.78 is 11.6. The predicted molar refractivity (Wildman–Crippen MR) is 36.8 cm³/mol. The van der Waals surface area contributed by atoms with Crippen LogP contribution in [0, 0.1) is 0 Å². The van der Waals surface area contributed by atoms with Gasteiger partial charge >= 0.3 is 5.97 Å². The third-order valence-corrected chi connectivity index (χ3v) is 1.46. The number of aliphatic hydroxyl groups excluding tert-OH is 1. The highest BCUT2D eigenvalue weighted by Crippen LogP contribution is 2.08. The van der Waals surface area contributed by atoms with Gasteiger partial charge in [0, 0.05) is 0 Å². The smallest absolute Gasteiger partial charge is 0.326 e. The van der Waals surface area contributed by atoms with E-state index >= 15 is 0 Å². The van der Waals surface area contributed by atoms with Crippen molar-refractivity contribution >= 4 is 5.97 Å². The predicted octanol–water partition coefficient (Wildman–Crippen LogP) is -0.490. The molecule has 4 nitrogen and oxygen atoms in total. The fraction of sp³-hybridized carbons (Fsp3) is 0.833. The van der Waals surface area contributed by atoms with Gasteiger partial charge in [-0.25, -0.2) is 0 Å². The Bertz CT molecular complexity index is 142. The van der Waals surface area contributed by atoms with Gasteiger partial charge in [0.2, 0.25) is 0 Å². The first-order chi connectivity index (χ1) is 5.06. The van der Waals surface area contributed by atoms with Crippen molar-refractivity contribution in [1.29, 1.82) is 0 Å². The van der Waals surface area contributed by atoms with E-state index in [0.29, 0.717) is 0 Å². The van der Waals surface area contributed by atoms with E-state index in [0.717, 1.165) is 0 Å². The van der Waals surface area contributed by atoms with E-state index < -0.39 is 24.8 Å². The molecule has 0 aromatic rings. The molecular weight excluding hydrogens is 153 g/mol. The van der Waals surface area contributed by atoms with Crippen molar-refractivity contribution in [2.24, 2.45) is 5.73 Å². The van der Waals surface area contributed by atoms with Crippen molar-refractivity contribution in [1.82, 2.24) is 0 Å². The number of hydrogen-bond acceptors (Lipinski definition) is 3. The average Bonchev–Trinajstić information content (AvgIpc) is 2.00. The van der Waals surface area contributed by atoms with Gasteiger partial charge in [-0.15, -0.1) is 0 Å². The van der Waals surface area contributed by atoms with Crippen LogP contribution < -0.4 is 5.73 Å². The molecule has 0 saturated carbocycles. The molecule has 4 N–H and O–H groups in total. The van der Waals surface area contributed by atoms with E-state index in [4.69, 9.17) is 15.9 Å². The minimum Gasteiger partial charge on any atom is -0.480 e. The van der Waals surface area contributed by atoms with E-state index in [1.807, 2.05) is 0 Å². The monoisotopic (exact) mass is 165 g/mol. The number of rotatable bonds is 5. The fourth-order valence-electron chi connectivity index (χ4n) is 0.636. The highest BCUT2D eigenvalue weighted by molar-refractivity contribution is 5.78. The Labute approximate surface area is 63.8 Å². The van der Waals surface area contributed by atoms with Crippen LogP contribution in [0.5, 0.6) is 0 Å². The number of carboxylic acids is 1. The molecular formula is C6H12FNO3. The summed E-state index contributed by atoms with van der Waals surface area (Å²) in [5.41, 5.74) is 3.54. The molecule has 0 rings (SSSR count). The molecule has 0 unspecified atom stereocenters. The zero-order valence-corrected chi connectivity index (χ0v) is 6.09. The SMILES string of the molecule is N[C@](CO)(CCCF)C(=O)O. The van der Waals surface area contributed by atoms with Gasteiger partial charge < -0.3 is 15.9 Å². The van der Waals surface area contributed by atoms with Gasteiger partial charge in [0.05, 0.1) is 13.3 Å². The lowest BCUT2D eigenvalue weighted by molar-refractivity contribution is -0.145. The zero-order valence-electron chi connectivity index (χ0n) is 6.09. The topological polar surface area (TPSA) is 83.5 Å². The van der Waals surface area contributed by atoms with Gasteiger partial charge in [0.25, 0.3) is 0 Å².